The fourth-order valence-electron chi connectivity index (χ4n) is 1.58. The number of rotatable bonds is 1. The molecule has 1 unspecified atom stereocenters. The van der Waals surface area contributed by atoms with Crippen LogP contribution >= 0.6 is 0 Å². The predicted molar refractivity (Wildman–Crippen MR) is 52.9 cm³/mol. The lowest BCUT2D eigenvalue weighted by molar-refractivity contribution is 0.202. The van der Waals surface area contributed by atoms with Crippen molar-refractivity contribution in [3.05, 3.63) is 29.8 Å². The molecule has 0 amide bonds. The molecule has 0 spiro atoms. The van der Waals surface area contributed by atoms with E-state index >= 15 is 0 Å². The zero-order chi connectivity index (χ0) is 9.10. The standard InChI is InChI=1S/C11H15NO/c1-2-10-8-12-7-9-5-3-4-6-11(9)13-10/h3-6,10,12H,2,7-8H2,1H3. The van der Waals surface area contributed by atoms with Gasteiger partial charge in [0.05, 0.1) is 0 Å². The third-order valence-corrected chi connectivity index (χ3v) is 2.41. The minimum atomic E-state index is 0.323. The van der Waals surface area contributed by atoms with E-state index < -0.39 is 0 Å². The topological polar surface area (TPSA) is 21.3 Å². The predicted octanol–water partition coefficient (Wildman–Crippen LogP) is 1.95. The second-order valence-electron chi connectivity index (χ2n) is 3.39. The van der Waals surface area contributed by atoms with Crippen LogP contribution in [-0.4, -0.2) is 12.6 Å². The summed E-state index contributed by atoms with van der Waals surface area (Å²) in [5, 5.41) is 3.38. The van der Waals surface area contributed by atoms with Crippen molar-refractivity contribution in [3.63, 3.8) is 0 Å². The fourth-order valence-corrected chi connectivity index (χ4v) is 1.58. The maximum absolute atomic E-state index is 5.84. The molecule has 1 heterocycles. The summed E-state index contributed by atoms with van der Waals surface area (Å²) >= 11 is 0. The van der Waals surface area contributed by atoms with Crippen LogP contribution in [0, 0.1) is 0 Å². The highest BCUT2D eigenvalue weighted by atomic mass is 16.5. The molecule has 0 aromatic heterocycles. The molecule has 2 rings (SSSR count). The van der Waals surface area contributed by atoms with Crippen molar-refractivity contribution in [1.82, 2.24) is 5.32 Å². The Morgan fingerprint density at radius 3 is 3.15 bits per heavy atom. The monoisotopic (exact) mass is 177 g/mol. The second-order valence-corrected chi connectivity index (χ2v) is 3.39. The molecule has 2 heteroatoms. The molecule has 0 saturated heterocycles. The third-order valence-electron chi connectivity index (χ3n) is 2.41. The summed E-state index contributed by atoms with van der Waals surface area (Å²) in [5.41, 5.74) is 1.26. The number of para-hydroxylation sites is 1. The van der Waals surface area contributed by atoms with E-state index in [4.69, 9.17) is 4.74 Å². The molecular formula is C11H15NO. The van der Waals surface area contributed by atoms with Crippen LogP contribution < -0.4 is 10.1 Å². The van der Waals surface area contributed by atoms with E-state index in [1.165, 1.54) is 5.56 Å². The first kappa shape index (κ1) is 8.57. The van der Waals surface area contributed by atoms with Gasteiger partial charge in [0, 0.05) is 18.7 Å². The molecule has 0 aliphatic carbocycles. The van der Waals surface area contributed by atoms with Crippen LogP contribution in [0.3, 0.4) is 0 Å². The van der Waals surface area contributed by atoms with Gasteiger partial charge in [0.2, 0.25) is 0 Å². The van der Waals surface area contributed by atoms with Gasteiger partial charge in [-0.25, -0.2) is 0 Å². The summed E-state index contributed by atoms with van der Waals surface area (Å²) in [6, 6.07) is 8.23. The molecule has 0 fully saturated rings. The van der Waals surface area contributed by atoms with E-state index in [0.717, 1.165) is 25.3 Å². The smallest absolute Gasteiger partial charge is 0.124 e. The van der Waals surface area contributed by atoms with Crippen LogP contribution in [-0.2, 0) is 6.54 Å². The van der Waals surface area contributed by atoms with Gasteiger partial charge in [-0.15, -0.1) is 0 Å². The molecule has 1 atom stereocenters. The zero-order valence-electron chi connectivity index (χ0n) is 7.92. The maximum Gasteiger partial charge on any atom is 0.124 e. The average Bonchev–Trinajstić information content (AvgIpc) is 2.38. The summed E-state index contributed by atoms with van der Waals surface area (Å²) < 4.78 is 5.84. The zero-order valence-corrected chi connectivity index (χ0v) is 7.92. The van der Waals surface area contributed by atoms with E-state index in [9.17, 15) is 0 Å². The Balaban J connectivity index is 2.23. The van der Waals surface area contributed by atoms with Gasteiger partial charge in [0.15, 0.2) is 0 Å². The normalized spacial score (nSPS) is 21.5. The number of nitrogens with one attached hydrogen (secondary N) is 1. The van der Waals surface area contributed by atoms with Crippen molar-refractivity contribution in [1.29, 1.82) is 0 Å². The van der Waals surface area contributed by atoms with Gasteiger partial charge in [0.25, 0.3) is 0 Å². The largest absolute Gasteiger partial charge is 0.489 e. The van der Waals surface area contributed by atoms with Gasteiger partial charge >= 0.3 is 0 Å². The number of hydrogen-bond donors (Lipinski definition) is 1. The molecule has 13 heavy (non-hydrogen) atoms. The Bertz CT molecular complexity index is 285. The van der Waals surface area contributed by atoms with Crippen LogP contribution in [0.4, 0.5) is 0 Å². The Labute approximate surface area is 78.9 Å². The summed E-state index contributed by atoms with van der Waals surface area (Å²) in [6.07, 6.45) is 1.38. The van der Waals surface area contributed by atoms with Crippen LogP contribution in [0.2, 0.25) is 0 Å². The third kappa shape index (κ3) is 1.83. The molecule has 1 N–H and O–H groups in total. The molecule has 0 bridgehead atoms. The quantitative estimate of drug-likeness (QED) is 0.708. The lowest BCUT2D eigenvalue weighted by Crippen LogP contribution is -2.27. The lowest BCUT2D eigenvalue weighted by Gasteiger charge is -2.14. The van der Waals surface area contributed by atoms with Gasteiger partial charge in [-0.2, -0.15) is 0 Å². The minimum Gasteiger partial charge on any atom is -0.489 e. The summed E-state index contributed by atoms with van der Waals surface area (Å²) in [6.45, 7) is 4.03. The van der Waals surface area contributed by atoms with Crippen molar-refractivity contribution >= 4 is 0 Å². The average molecular weight is 177 g/mol. The van der Waals surface area contributed by atoms with E-state index in [1.54, 1.807) is 0 Å². The molecule has 0 saturated carbocycles. The van der Waals surface area contributed by atoms with Gasteiger partial charge in [-0.05, 0) is 12.5 Å². The van der Waals surface area contributed by atoms with Crippen molar-refractivity contribution in [3.8, 4) is 5.75 Å². The Morgan fingerprint density at radius 1 is 1.46 bits per heavy atom. The summed E-state index contributed by atoms with van der Waals surface area (Å²) in [4.78, 5) is 0. The van der Waals surface area contributed by atoms with Crippen LogP contribution in [0.1, 0.15) is 18.9 Å². The first-order valence-corrected chi connectivity index (χ1v) is 4.85. The first-order valence-electron chi connectivity index (χ1n) is 4.85. The molecule has 1 aliphatic rings. The van der Waals surface area contributed by atoms with Crippen molar-refractivity contribution < 1.29 is 4.74 Å². The van der Waals surface area contributed by atoms with Crippen molar-refractivity contribution in [2.24, 2.45) is 0 Å². The maximum atomic E-state index is 5.84. The minimum absolute atomic E-state index is 0.323. The lowest BCUT2D eigenvalue weighted by atomic mass is 10.2. The Hall–Kier alpha value is -1.02. The highest BCUT2D eigenvalue weighted by molar-refractivity contribution is 5.34. The first-order chi connectivity index (χ1) is 6.40. The molecule has 1 aliphatic heterocycles. The molecule has 0 radical (unpaired) electrons. The fraction of sp³-hybridized carbons (Fsp3) is 0.455. The highest BCUT2D eigenvalue weighted by Crippen LogP contribution is 2.21. The van der Waals surface area contributed by atoms with Gasteiger partial charge < -0.3 is 10.1 Å². The molecule has 1 aromatic carbocycles. The number of fused-ring (bicyclic) bond motifs is 1. The van der Waals surface area contributed by atoms with Crippen molar-refractivity contribution in [2.45, 2.75) is 26.0 Å². The molecule has 70 valence electrons. The van der Waals surface area contributed by atoms with Crippen LogP contribution in [0.5, 0.6) is 5.75 Å². The van der Waals surface area contributed by atoms with Crippen LogP contribution in [0.25, 0.3) is 0 Å². The van der Waals surface area contributed by atoms with Gasteiger partial charge in [-0.1, -0.05) is 25.1 Å². The Kier molecular flexibility index (Phi) is 2.50. The summed E-state index contributed by atoms with van der Waals surface area (Å²) in [7, 11) is 0. The SMILES string of the molecule is CCC1CNCc2ccccc2O1. The van der Waals surface area contributed by atoms with Gasteiger partial charge in [-0.3, -0.25) is 0 Å². The van der Waals surface area contributed by atoms with E-state index in [-0.39, 0.29) is 0 Å². The van der Waals surface area contributed by atoms with Crippen LogP contribution in [0.15, 0.2) is 24.3 Å². The highest BCUT2D eigenvalue weighted by Gasteiger charge is 2.14. The van der Waals surface area contributed by atoms with Gasteiger partial charge in [0.1, 0.15) is 11.9 Å². The Morgan fingerprint density at radius 2 is 2.31 bits per heavy atom. The van der Waals surface area contributed by atoms with E-state index in [2.05, 4.69) is 24.4 Å². The number of hydrogen-bond acceptors (Lipinski definition) is 2. The number of ether oxygens (including phenoxy) is 1. The molecular weight excluding hydrogens is 162 g/mol. The van der Waals surface area contributed by atoms with Crippen molar-refractivity contribution in [2.75, 3.05) is 6.54 Å². The number of benzene rings is 1. The summed E-state index contributed by atoms with van der Waals surface area (Å²) in [5.74, 6) is 1.04. The molecule has 1 aromatic rings. The second kappa shape index (κ2) is 3.79. The van der Waals surface area contributed by atoms with E-state index in [1.807, 2.05) is 12.1 Å². The molecule has 2 nitrogen and oxygen atoms in total. The van der Waals surface area contributed by atoms with E-state index in [0.29, 0.717) is 6.10 Å².